The van der Waals surface area contributed by atoms with Gasteiger partial charge in [-0.15, -0.1) is 0 Å². The van der Waals surface area contributed by atoms with E-state index < -0.39 is 10.8 Å². The van der Waals surface area contributed by atoms with Crippen LogP contribution in [0.1, 0.15) is 20.3 Å². The lowest BCUT2D eigenvalue weighted by atomic mass is 9.59. The Balaban J connectivity index is 2.53. The van der Waals surface area contributed by atoms with Gasteiger partial charge in [0.05, 0.1) is 25.0 Å². The Hall–Kier alpha value is -1.32. The minimum atomic E-state index is -0.825. The first kappa shape index (κ1) is 12.1. The average molecular weight is 238 g/mol. The second kappa shape index (κ2) is 3.59. The van der Waals surface area contributed by atoms with E-state index >= 15 is 0 Å². The molecule has 0 spiro atoms. The van der Waals surface area contributed by atoms with Gasteiger partial charge in [-0.05, 0) is 32.1 Å². The van der Waals surface area contributed by atoms with Crippen molar-refractivity contribution in [1.29, 1.82) is 0 Å². The lowest BCUT2D eigenvalue weighted by Crippen LogP contribution is -2.52. The molecular weight excluding hydrogens is 220 g/mol. The molecular formula is C13H18O4. The fraction of sp³-hybridized carbons (Fsp3) is 0.692. The second-order valence-electron chi connectivity index (χ2n) is 5.22. The molecule has 4 atom stereocenters. The first-order chi connectivity index (χ1) is 7.92. The van der Waals surface area contributed by atoms with E-state index in [1.807, 2.05) is 26.0 Å². The van der Waals surface area contributed by atoms with Crippen LogP contribution in [0.2, 0.25) is 0 Å². The van der Waals surface area contributed by atoms with E-state index in [2.05, 4.69) is 0 Å². The smallest absolute Gasteiger partial charge is 0.313 e. The normalized spacial score (nSPS) is 42.6. The van der Waals surface area contributed by atoms with E-state index in [0.717, 1.165) is 6.42 Å². The fourth-order valence-electron chi connectivity index (χ4n) is 3.48. The number of carbonyl (C=O) groups is 2. The maximum absolute atomic E-state index is 12.1. The Labute approximate surface area is 101 Å². The van der Waals surface area contributed by atoms with Crippen molar-refractivity contribution in [3.8, 4) is 0 Å². The number of ether oxygens (including phenoxy) is 2. The molecule has 0 heterocycles. The zero-order valence-electron chi connectivity index (χ0n) is 10.6. The maximum atomic E-state index is 12.1. The standard InChI is InChI=1S/C13H18O4/c1-12(10(14)16-3)8-5-6-9(7-8)13(12,2)11(15)17-4/h5-6,8-9H,7H2,1-4H3. The highest BCUT2D eigenvalue weighted by Gasteiger charge is 2.69. The number of hydrogen-bond acceptors (Lipinski definition) is 4. The molecule has 4 unspecified atom stereocenters. The van der Waals surface area contributed by atoms with Crippen molar-refractivity contribution in [2.75, 3.05) is 14.2 Å². The summed E-state index contributed by atoms with van der Waals surface area (Å²) < 4.78 is 9.80. The summed E-state index contributed by atoms with van der Waals surface area (Å²) in [5.41, 5.74) is -1.65. The van der Waals surface area contributed by atoms with Crippen molar-refractivity contribution in [2.24, 2.45) is 22.7 Å². The van der Waals surface area contributed by atoms with Crippen LogP contribution in [-0.2, 0) is 19.1 Å². The van der Waals surface area contributed by atoms with Crippen molar-refractivity contribution in [2.45, 2.75) is 20.3 Å². The number of allylic oxidation sites excluding steroid dienone is 2. The summed E-state index contributed by atoms with van der Waals surface area (Å²) in [4.78, 5) is 24.2. The van der Waals surface area contributed by atoms with Gasteiger partial charge < -0.3 is 9.47 Å². The molecule has 0 amide bonds. The van der Waals surface area contributed by atoms with Crippen molar-refractivity contribution < 1.29 is 19.1 Å². The minimum absolute atomic E-state index is 0.0593. The predicted octanol–water partition coefficient (Wildman–Crippen LogP) is 1.55. The van der Waals surface area contributed by atoms with E-state index in [1.165, 1.54) is 14.2 Å². The molecule has 0 radical (unpaired) electrons. The van der Waals surface area contributed by atoms with Gasteiger partial charge in [0.1, 0.15) is 0 Å². The van der Waals surface area contributed by atoms with Crippen molar-refractivity contribution in [1.82, 2.24) is 0 Å². The van der Waals surface area contributed by atoms with Gasteiger partial charge in [-0.25, -0.2) is 0 Å². The van der Waals surface area contributed by atoms with Gasteiger partial charge in [0.2, 0.25) is 0 Å². The van der Waals surface area contributed by atoms with E-state index in [9.17, 15) is 9.59 Å². The van der Waals surface area contributed by atoms with Crippen molar-refractivity contribution in [3.05, 3.63) is 12.2 Å². The van der Waals surface area contributed by atoms with Crippen LogP contribution in [0.25, 0.3) is 0 Å². The molecule has 0 saturated heterocycles. The van der Waals surface area contributed by atoms with Gasteiger partial charge in [-0.3, -0.25) is 9.59 Å². The highest BCUT2D eigenvalue weighted by Crippen LogP contribution is 2.64. The maximum Gasteiger partial charge on any atom is 0.313 e. The highest BCUT2D eigenvalue weighted by molar-refractivity contribution is 5.90. The molecule has 1 saturated carbocycles. The fourth-order valence-corrected chi connectivity index (χ4v) is 3.48. The summed E-state index contributed by atoms with van der Waals surface area (Å²) >= 11 is 0. The van der Waals surface area contributed by atoms with Gasteiger partial charge in [-0.1, -0.05) is 12.2 Å². The van der Waals surface area contributed by atoms with E-state index in [4.69, 9.17) is 9.47 Å². The quantitative estimate of drug-likeness (QED) is 0.541. The van der Waals surface area contributed by atoms with Crippen LogP contribution in [0, 0.1) is 22.7 Å². The summed E-state index contributed by atoms with van der Waals surface area (Å²) in [6, 6.07) is 0. The Morgan fingerprint density at radius 2 is 1.35 bits per heavy atom. The van der Waals surface area contributed by atoms with Crippen LogP contribution in [-0.4, -0.2) is 26.2 Å². The lowest BCUT2D eigenvalue weighted by molar-refractivity contribution is -0.176. The largest absolute Gasteiger partial charge is 0.469 e. The Morgan fingerprint density at radius 1 is 1.00 bits per heavy atom. The summed E-state index contributed by atoms with van der Waals surface area (Å²) in [7, 11) is 2.72. The Kier molecular flexibility index (Phi) is 2.56. The summed E-state index contributed by atoms with van der Waals surface area (Å²) in [5, 5.41) is 0. The zero-order chi connectivity index (χ0) is 12.8. The van der Waals surface area contributed by atoms with Crippen LogP contribution in [0.5, 0.6) is 0 Å². The third kappa shape index (κ3) is 1.18. The van der Waals surface area contributed by atoms with Gasteiger partial charge >= 0.3 is 11.9 Å². The molecule has 2 aliphatic carbocycles. The number of fused-ring (bicyclic) bond motifs is 2. The van der Waals surface area contributed by atoms with E-state index in [1.54, 1.807) is 0 Å². The summed E-state index contributed by atoms with van der Waals surface area (Å²) in [6.07, 6.45) is 4.86. The zero-order valence-corrected chi connectivity index (χ0v) is 10.6. The predicted molar refractivity (Wildman–Crippen MR) is 61.0 cm³/mol. The van der Waals surface area contributed by atoms with Crippen LogP contribution in [0.4, 0.5) is 0 Å². The summed E-state index contributed by atoms with van der Waals surface area (Å²) in [6.45, 7) is 3.62. The van der Waals surface area contributed by atoms with E-state index in [0.29, 0.717) is 0 Å². The second-order valence-corrected chi connectivity index (χ2v) is 5.22. The highest BCUT2D eigenvalue weighted by atomic mass is 16.5. The number of esters is 2. The molecule has 2 bridgehead atoms. The molecule has 17 heavy (non-hydrogen) atoms. The Morgan fingerprint density at radius 3 is 1.65 bits per heavy atom. The first-order valence-corrected chi connectivity index (χ1v) is 5.78. The van der Waals surface area contributed by atoms with Gasteiger partial charge in [0, 0.05) is 0 Å². The van der Waals surface area contributed by atoms with Crippen LogP contribution >= 0.6 is 0 Å². The van der Waals surface area contributed by atoms with Crippen LogP contribution in [0.3, 0.4) is 0 Å². The number of rotatable bonds is 2. The molecule has 0 aliphatic heterocycles. The first-order valence-electron chi connectivity index (χ1n) is 5.78. The molecule has 94 valence electrons. The molecule has 2 aliphatic rings. The molecule has 0 N–H and O–H groups in total. The van der Waals surface area contributed by atoms with Gasteiger partial charge in [0.15, 0.2) is 0 Å². The molecule has 0 aromatic rings. The van der Waals surface area contributed by atoms with Crippen LogP contribution < -0.4 is 0 Å². The lowest BCUT2D eigenvalue weighted by Gasteiger charge is -2.42. The monoisotopic (exact) mass is 238 g/mol. The average Bonchev–Trinajstić information content (AvgIpc) is 2.90. The SMILES string of the molecule is COC(=O)C1(C)C2C=CC(C2)C1(C)C(=O)OC. The van der Waals surface area contributed by atoms with Crippen molar-refractivity contribution >= 4 is 11.9 Å². The molecule has 0 aromatic carbocycles. The Bertz CT molecular complexity index is 364. The third-order valence-electron chi connectivity index (χ3n) is 4.86. The molecule has 4 heteroatoms. The number of hydrogen-bond donors (Lipinski definition) is 0. The van der Waals surface area contributed by atoms with Crippen LogP contribution in [0.15, 0.2) is 12.2 Å². The summed E-state index contributed by atoms with van der Waals surface area (Å²) in [5.74, 6) is -0.544. The molecule has 2 rings (SSSR count). The third-order valence-corrected chi connectivity index (χ3v) is 4.86. The minimum Gasteiger partial charge on any atom is -0.469 e. The van der Waals surface area contributed by atoms with Gasteiger partial charge in [0.25, 0.3) is 0 Å². The molecule has 4 nitrogen and oxygen atoms in total. The molecule has 1 fully saturated rings. The molecule has 0 aromatic heterocycles. The van der Waals surface area contributed by atoms with Gasteiger partial charge in [-0.2, -0.15) is 0 Å². The number of carbonyl (C=O) groups excluding carboxylic acids is 2. The van der Waals surface area contributed by atoms with E-state index in [-0.39, 0.29) is 23.8 Å². The topological polar surface area (TPSA) is 52.6 Å². The number of methoxy groups -OCH3 is 2. The van der Waals surface area contributed by atoms with Crippen molar-refractivity contribution in [3.63, 3.8) is 0 Å².